The quantitative estimate of drug-likeness (QED) is 0.563. The third-order valence-corrected chi connectivity index (χ3v) is 4.43. The molecule has 2 unspecified atom stereocenters. The molecule has 0 aliphatic carbocycles. The first-order valence-corrected chi connectivity index (χ1v) is 9.38. The van der Waals surface area contributed by atoms with Crippen LogP contribution >= 0.6 is 0 Å². The fraction of sp³-hybridized carbons (Fsp3) is 0.455. The normalized spacial score (nSPS) is 13.4. The van der Waals surface area contributed by atoms with Crippen molar-refractivity contribution >= 4 is 0 Å². The van der Waals surface area contributed by atoms with Crippen LogP contribution < -0.4 is 4.74 Å². The number of rotatable bonds is 10. The van der Waals surface area contributed by atoms with Crippen LogP contribution in [0.1, 0.15) is 75.7 Å². The molecule has 3 heteroatoms. The molecule has 0 radical (unpaired) electrons. The van der Waals surface area contributed by atoms with Crippen molar-refractivity contribution in [3.63, 3.8) is 0 Å². The Bertz CT molecular complexity index is 549. The highest BCUT2D eigenvalue weighted by molar-refractivity contribution is 5.35. The monoisotopic (exact) mass is 342 g/mol. The number of unbranched alkanes of at least 4 members (excludes halogenated alkanes) is 2. The molecule has 0 amide bonds. The highest BCUT2D eigenvalue weighted by Gasteiger charge is 2.09. The number of hydrogen-bond acceptors (Lipinski definition) is 3. The average Bonchev–Trinajstić information content (AvgIpc) is 2.65. The van der Waals surface area contributed by atoms with E-state index in [9.17, 15) is 10.2 Å². The van der Waals surface area contributed by atoms with Gasteiger partial charge in [0.2, 0.25) is 0 Å². The fourth-order valence-corrected chi connectivity index (χ4v) is 2.78. The van der Waals surface area contributed by atoms with E-state index in [-0.39, 0.29) is 0 Å². The first-order valence-electron chi connectivity index (χ1n) is 9.38. The Morgan fingerprint density at radius 2 is 1.04 bits per heavy atom. The second kappa shape index (κ2) is 10.2. The summed E-state index contributed by atoms with van der Waals surface area (Å²) in [6.07, 6.45) is 4.99. The van der Waals surface area contributed by atoms with Gasteiger partial charge < -0.3 is 14.9 Å². The molecular weight excluding hydrogens is 312 g/mol. The molecule has 0 saturated carbocycles. The summed E-state index contributed by atoms with van der Waals surface area (Å²) in [7, 11) is 0. The van der Waals surface area contributed by atoms with E-state index in [4.69, 9.17) is 4.74 Å². The summed E-state index contributed by atoms with van der Waals surface area (Å²) in [6, 6.07) is 15.2. The Hall–Kier alpha value is -1.84. The second-order valence-electron chi connectivity index (χ2n) is 6.56. The Kier molecular flexibility index (Phi) is 7.96. The van der Waals surface area contributed by atoms with Crippen molar-refractivity contribution in [1.82, 2.24) is 0 Å². The molecule has 2 N–H and O–H groups in total. The van der Waals surface area contributed by atoms with E-state index in [2.05, 4.69) is 13.8 Å². The Labute approximate surface area is 151 Å². The minimum atomic E-state index is -0.405. The predicted octanol–water partition coefficient (Wildman–Crippen LogP) is 5.93. The first-order chi connectivity index (χ1) is 12.1. The van der Waals surface area contributed by atoms with Crippen LogP contribution in [0.2, 0.25) is 0 Å². The van der Waals surface area contributed by atoms with Gasteiger partial charge in [-0.2, -0.15) is 0 Å². The zero-order chi connectivity index (χ0) is 18.1. The molecule has 2 rings (SSSR count). The van der Waals surface area contributed by atoms with Gasteiger partial charge in [-0.1, -0.05) is 63.8 Å². The molecule has 3 nitrogen and oxygen atoms in total. The van der Waals surface area contributed by atoms with Crippen molar-refractivity contribution in [3.05, 3.63) is 59.7 Å². The maximum absolute atomic E-state index is 10.1. The number of benzene rings is 2. The lowest BCUT2D eigenvalue weighted by atomic mass is 10.0. The van der Waals surface area contributed by atoms with Gasteiger partial charge in [0.25, 0.3) is 0 Å². The van der Waals surface area contributed by atoms with Crippen LogP contribution in [0.3, 0.4) is 0 Å². The molecule has 0 heterocycles. The molecule has 0 saturated heterocycles. The van der Waals surface area contributed by atoms with Crippen molar-refractivity contribution in [2.45, 2.75) is 64.6 Å². The Morgan fingerprint density at radius 3 is 1.36 bits per heavy atom. The van der Waals surface area contributed by atoms with Crippen LogP contribution in [0.25, 0.3) is 0 Å². The van der Waals surface area contributed by atoms with E-state index in [1.807, 2.05) is 48.5 Å². The van der Waals surface area contributed by atoms with Gasteiger partial charge in [0.1, 0.15) is 11.5 Å². The molecule has 0 bridgehead atoms. The van der Waals surface area contributed by atoms with Gasteiger partial charge >= 0.3 is 0 Å². The third-order valence-electron chi connectivity index (χ3n) is 4.43. The zero-order valence-corrected chi connectivity index (χ0v) is 15.3. The summed E-state index contributed by atoms with van der Waals surface area (Å²) in [5, 5.41) is 20.2. The van der Waals surface area contributed by atoms with Crippen LogP contribution in [0, 0.1) is 0 Å². The molecule has 0 aliphatic heterocycles. The van der Waals surface area contributed by atoms with Crippen LogP contribution in [0.15, 0.2) is 48.5 Å². The molecular formula is C22H30O3. The van der Waals surface area contributed by atoms with E-state index in [0.29, 0.717) is 0 Å². The minimum Gasteiger partial charge on any atom is -0.457 e. The summed E-state index contributed by atoms with van der Waals surface area (Å²) >= 11 is 0. The lowest BCUT2D eigenvalue weighted by Gasteiger charge is -2.13. The summed E-state index contributed by atoms with van der Waals surface area (Å²) in [5.74, 6) is 1.48. The maximum Gasteiger partial charge on any atom is 0.127 e. The molecule has 0 aromatic heterocycles. The van der Waals surface area contributed by atoms with Crippen LogP contribution in [0.4, 0.5) is 0 Å². The summed E-state index contributed by atoms with van der Waals surface area (Å²) in [5.41, 5.74) is 1.85. The van der Waals surface area contributed by atoms with Crippen LogP contribution in [-0.2, 0) is 0 Å². The summed E-state index contributed by atoms with van der Waals surface area (Å²) < 4.78 is 5.85. The topological polar surface area (TPSA) is 49.7 Å². The predicted molar refractivity (Wildman–Crippen MR) is 102 cm³/mol. The van der Waals surface area contributed by atoms with Gasteiger partial charge in [0.15, 0.2) is 0 Å². The van der Waals surface area contributed by atoms with Crippen molar-refractivity contribution < 1.29 is 14.9 Å². The fourth-order valence-electron chi connectivity index (χ4n) is 2.78. The number of aliphatic hydroxyl groups excluding tert-OH is 2. The van der Waals surface area contributed by atoms with E-state index in [1.54, 1.807) is 0 Å². The first kappa shape index (κ1) is 19.5. The molecule has 2 aromatic rings. The van der Waals surface area contributed by atoms with Crippen molar-refractivity contribution in [2.75, 3.05) is 0 Å². The lowest BCUT2D eigenvalue weighted by molar-refractivity contribution is 0.164. The van der Waals surface area contributed by atoms with Gasteiger partial charge in [-0.05, 0) is 48.2 Å². The molecule has 0 spiro atoms. The van der Waals surface area contributed by atoms with Gasteiger partial charge in [-0.25, -0.2) is 0 Å². The van der Waals surface area contributed by atoms with Crippen LogP contribution in [0.5, 0.6) is 11.5 Å². The van der Waals surface area contributed by atoms with Crippen molar-refractivity contribution in [3.8, 4) is 11.5 Å². The van der Waals surface area contributed by atoms with Gasteiger partial charge in [-0.15, -0.1) is 0 Å². The molecule has 0 aliphatic rings. The van der Waals surface area contributed by atoms with Gasteiger partial charge in [-0.3, -0.25) is 0 Å². The lowest BCUT2D eigenvalue weighted by Crippen LogP contribution is -1.97. The highest BCUT2D eigenvalue weighted by atomic mass is 16.5. The smallest absolute Gasteiger partial charge is 0.127 e. The van der Waals surface area contributed by atoms with Crippen LogP contribution in [-0.4, -0.2) is 10.2 Å². The van der Waals surface area contributed by atoms with Crippen molar-refractivity contribution in [2.24, 2.45) is 0 Å². The highest BCUT2D eigenvalue weighted by Crippen LogP contribution is 2.27. The SMILES string of the molecule is CCCCC(O)c1ccc(Oc2ccc(C(O)CCCC)cc2)cc1. The largest absolute Gasteiger partial charge is 0.457 e. The Balaban J connectivity index is 1.93. The molecule has 136 valence electrons. The summed E-state index contributed by atoms with van der Waals surface area (Å²) in [4.78, 5) is 0. The number of ether oxygens (including phenoxy) is 1. The molecule has 2 aromatic carbocycles. The summed E-state index contributed by atoms with van der Waals surface area (Å²) in [6.45, 7) is 4.25. The molecule has 0 fully saturated rings. The standard InChI is InChI=1S/C22H30O3/c1-3-5-7-21(23)17-9-13-19(14-10-17)25-20-15-11-18(12-16-20)22(24)8-6-4-2/h9-16,21-24H,3-8H2,1-2H3. The molecule has 2 atom stereocenters. The van der Waals surface area contributed by atoms with E-state index in [1.165, 1.54) is 0 Å². The molecule has 25 heavy (non-hydrogen) atoms. The van der Waals surface area contributed by atoms with Gasteiger partial charge in [0, 0.05) is 0 Å². The Morgan fingerprint density at radius 1 is 0.680 bits per heavy atom. The average molecular weight is 342 g/mol. The maximum atomic E-state index is 10.1. The van der Waals surface area contributed by atoms with E-state index in [0.717, 1.165) is 61.2 Å². The van der Waals surface area contributed by atoms with E-state index < -0.39 is 12.2 Å². The van der Waals surface area contributed by atoms with E-state index >= 15 is 0 Å². The number of hydrogen-bond donors (Lipinski definition) is 2. The van der Waals surface area contributed by atoms with Crippen molar-refractivity contribution in [1.29, 1.82) is 0 Å². The zero-order valence-electron chi connectivity index (χ0n) is 15.3. The number of aliphatic hydroxyl groups is 2. The van der Waals surface area contributed by atoms with Gasteiger partial charge in [0.05, 0.1) is 12.2 Å². The second-order valence-corrected chi connectivity index (χ2v) is 6.56. The third kappa shape index (κ3) is 6.18. The minimum absolute atomic E-state index is 0.405.